The lowest BCUT2D eigenvalue weighted by Gasteiger charge is -2.35. The second kappa shape index (κ2) is 9.58. The summed E-state index contributed by atoms with van der Waals surface area (Å²) in [6, 6.07) is 7.81. The van der Waals surface area contributed by atoms with Crippen LogP contribution in [-0.4, -0.2) is 57.1 Å². The smallest absolute Gasteiger partial charge is 0.248 e. The van der Waals surface area contributed by atoms with Gasteiger partial charge in [0.1, 0.15) is 12.4 Å². The number of aromatic nitrogens is 4. The molecule has 1 fully saturated rings. The summed E-state index contributed by atoms with van der Waals surface area (Å²) in [5.74, 6) is 1.41. The molecule has 2 N–H and O–H groups in total. The average Bonchev–Trinajstić information content (AvgIpc) is 3.22. The Labute approximate surface area is 183 Å². The van der Waals surface area contributed by atoms with Gasteiger partial charge in [-0.1, -0.05) is 17.3 Å². The molecule has 4 rings (SSSR count). The molecule has 0 spiro atoms. The number of anilines is 1. The molecule has 0 saturated carbocycles. The monoisotopic (exact) mass is 510 g/mol. The predicted molar refractivity (Wildman–Crippen MR) is 116 cm³/mol. The van der Waals surface area contributed by atoms with Crippen LogP contribution in [0.25, 0.3) is 11.4 Å². The van der Waals surface area contributed by atoms with Crippen molar-refractivity contribution in [1.82, 2.24) is 25.0 Å². The summed E-state index contributed by atoms with van der Waals surface area (Å²) in [7, 11) is 0. The maximum atomic E-state index is 13.3. The minimum Gasteiger partial charge on any atom is -0.370 e. The molecule has 3 aromatic rings. The van der Waals surface area contributed by atoms with Crippen LogP contribution in [0.15, 0.2) is 52.2 Å². The van der Waals surface area contributed by atoms with E-state index in [-0.39, 0.29) is 36.3 Å². The summed E-state index contributed by atoms with van der Waals surface area (Å²) in [5, 5.41) is 3.86. The van der Waals surface area contributed by atoms with Gasteiger partial charge in [-0.15, -0.1) is 24.0 Å². The van der Waals surface area contributed by atoms with Crippen molar-refractivity contribution in [2.75, 3.05) is 31.1 Å². The van der Waals surface area contributed by atoms with E-state index in [1.165, 1.54) is 12.1 Å². The van der Waals surface area contributed by atoms with Gasteiger partial charge in [-0.3, -0.25) is 0 Å². The predicted octanol–water partition coefficient (Wildman–Crippen LogP) is 1.92. The van der Waals surface area contributed by atoms with Crippen LogP contribution in [0.3, 0.4) is 0 Å². The van der Waals surface area contributed by atoms with E-state index in [9.17, 15) is 4.39 Å². The molecule has 0 radical (unpaired) electrons. The Kier molecular flexibility index (Phi) is 6.90. The number of benzene rings is 1. The van der Waals surface area contributed by atoms with Crippen LogP contribution < -0.4 is 10.6 Å². The first-order valence-electron chi connectivity index (χ1n) is 8.84. The Hall–Kier alpha value is -2.83. The molecule has 11 heteroatoms. The van der Waals surface area contributed by atoms with E-state index in [0.717, 1.165) is 13.1 Å². The summed E-state index contributed by atoms with van der Waals surface area (Å²) < 4.78 is 18.5. The highest BCUT2D eigenvalue weighted by atomic mass is 127. The van der Waals surface area contributed by atoms with E-state index < -0.39 is 0 Å². The minimum absolute atomic E-state index is 0. The summed E-state index contributed by atoms with van der Waals surface area (Å²) in [6.07, 6.45) is 3.46. The van der Waals surface area contributed by atoms with Crippen LogP contribution in [0.2, 0.25) is 0 Å². The molecule has 29 heavy (non-hydrogen) atoms. The third kappa shape index (κ3) is 5.16. The molecule has 2 aromatic heterocycles. The van der Waals surface area contributed by atoms with Gasteiger partial charge < -0.3 is 20.1 Å². The van der Waals surface area contributed by atoms with Gasteiger partial charge in [-0.25, -0.2) is 19.4 Å². The van der Waals surface area contributed by atoms with Crippen molar-refractivity contribution >= 4 is 35.9 Å². The van der Waals surface area contributed by atoms with Crippen molar-refractivity contribution < 1.29 is 8.91 Å². The molecule has 1 aliphatic heterocycles. The van der Waals surface area contributed by atoms with Crippen LogP contribution in [0.4, 0.5) is 10.3 Å². The second-order valence-corrected chi connectivity index (χ2v) is 6.22. The molecule has 152 valence electrons. The van der Waals surface area contributed by atoms with Crippen LogP contribution in [-0.2, 0) is 6.54 Å². The Morgan fingerprint density at radius 2 is 1.90 bits per heavy atom. The molecule has 0 bridgehead atoms. The molecule has 1 aromatic carbocycles. The van der Waals surface area contributed by atoms with E-state index in [4.69, 9.17) is 10.3 Å². The number of hydrogen-bond donors (Lipinski definition) is 1. The lowest BCUT2D eigenvalue weighted by atomic mass is 10.2. The van der Waals surface area contributed by atoms with Crippen molar-refractivity contribution in [2.24, 2.45) is 10.7 Å². The number of aliphatic imine (C=N–C) groups is 1. The van der Waals surface area contributed by atoms with Crippen molar-refractivity contribution in [2.45, 2.75) is 6.54 Å². The van der Waals surface area contributed by atoms with Crippen LogP contribution >= 0.6 is 24.0 Å². The molecule has 9 nitrogen and oxygen atoms in total. The Balaban J connectivity index is 0.00000240. The Morgan fingerprint density at radius 1 is 1.14 bits per heavy atom. The number of hydrogen-bond acceptors (Lipinski definition) is 7. The quantitative estimate of drug-likeness (QED) is 0.322. The second-order valence-electron chi connectivity index (χ2n) is 6.22. The Bertz CT molecular complexity index is 959. The van der Waals surface area contributed by atoms with Gasteiger partial charge in [0.2, 0.25) is 17.7 Å². The number of nitrogens with zero attached hydrogens (tertiary/aromatic N) is 7. The molecule has 1 aliphatic rings. The molecule has 1 saturated heterocycles. The summed E-state index contributed by atoms with van der Waals surface area (Å²) in [6.45, 7) is 3.10. The normalized spacial score (nSPS) is 14.6. The maximum Gasteiger partial charge on any atom is 0.248 e. The van der Waals surface area contributed by atoms with Gasteiger partial charge in [0.25, 0.3) is 0 Å². The number of halogens is 2. The molecule has 3 heterocycles. The standard InChI is InChI=1S/C18H19FN8O.HI/c19-14-4-1-3-13(11-14)16-24-15(28-25-16)12-23-17(20)26-7-9-27(10-8-26)18-21-5-2-6-22-18;/h1-6,11H,7-10,12H2,(H2,20,23);1H. The van der Waals surface area contributed by atoms with Crippen LogP contribution in [0.5, 0.6) is 0 Å². The Morgan fingerprint density at radius 3 is 2.62 bits per heavy atom. The van der Waals surface area contributed by atoms with Crippen molar-refractivity contribution in [3.8, 4) is 11.4 Å². The molecule has 0 atom stereocenters. The first-order valence-corrected chi connectivity index (χ1v) is 8.84. The van der Waals surface area contributed by atoms with E-state index >= 15 is 0 Å². The van der Waals surface area contributed by atoms with E-state index in [0.29, 0.717) is 42.3 Å². The fraction of sp³-hybridized carbons (Fsp3) is 0.278. The number of guanidine groups is 1. The average molecular weight is 510 g/mol. The van der Waals surface area contributed by atoms with Crippen molar-refractivity contribution in [3.63, 3.8) is 0 Å². The fourth-order valence-electron chi connectivity index (χ4n) is 2.90. The molecular weight excluding hydrogens is 490 g/mol. The van der Waals surface area contributed by atoms with Gasteiger partial charge in [0.05, 0.1) is 0 Å². The SMILES string of the molecule is I.NC(=NCc1nc(-c2cccc(F)c2)no1)N1CCN(c2ncccn2)CC1. The largest absolute Gasteiger partial charge is 0.370 e. The first kappa shape index (κ1) is 20.9. The van der Waals surface area contributed by atoms with Gasteiger partial charge in [-0.2, -0.15) is 4.98 Å². The van der Waals surface area contributed by atoms with Gasteiger partial charge in [0, 0.05) is 44.1 Å². The molecule has 0 unspecified atom stereocenters. The number of nitrogens with two attached hydrogens (primary N) is 1. The van der Waals surface area contributed by atoms with Gasteiger partial charge >= 0.3 is 0 Å². The summed E-state index contributed by atoms with van der Waals surface area (Å²) >= 11 is 0. The van der Waals surface area contributed by atoms with Crippen molar-refractivity contribution in [3.05, 3.63) is 54.4 Å². The van der Waals surface area contributed by atoms with Gasteiger partial charge in [0.15, 0.2) is 5.96 Å². The van der Waals surface area contributed by atoms with E-state index in [1.54, 1.807) is 30.6 Å². The van der Waals surface area contributed by atoms with E-state index in [1.807, 2.05) is 4.90 Å². The fourth-order valence-corrected chi connectivity index (χ4v) is 2.90. The zero-order valence-corrected chi connectivity index (χ0v) is 17.8. The highest BCUT2D eigenvalue weighted by Crippen LogP contribution is 2.17. The lowest BCUT2D eigenvalue weighted by molar-refractivity contribution is 0.368. The molecule has 0 aliphatic carbocycles. The summed E-state index contributed by atoms with van der Waals surface area (Å²) in [5.41, 5.74) is 6.65. The van der Waals surface area contributed by atoms with Crippen LogP contribution in [0.1, 0.15) is 5.89 Å². The highest BCUT2D eigenvalue weighted by Gasteiger charge is 2.20. The topological polar surface area (TPSA) is 110 Å². The molecule has 0 amide bonds. The minimum atomic E-state index is -0.355. The highest BCUT2D eigenvalue weighted by molar-refractivity contribution is 14.0. The zero-order valence-electron chi connectivity index (χ0n) is 15.5. The third-order valence-electron chi connectivity index (χ3n) is 4.37. The van der Waals surface area contributed by atoms with Gasteiger partial charge in [-0.05, 0) is 18.2 Å². The first-order chi connectivity index (χ1) is 13.7. The zero-order chi connectivity index (χ0) is 19.3. The number of piperazine rings is 1. The summed E-state index contributed by atoms with van der Waals surface area (Å²) in [4.78, 5) is 21.2. The lowest BCUT2D eigenvalue weighted by Crippen LogP contribution is -2.51. The van der Waals surface area contributed by atoms with Crippen LogP contribution in [0, 0.1) is 5.82 Å². The van der Waals surface area contributed by atoms with E-state index in [2.05, 4.69) is 30.0 Å². The van der Waals surface area contributed by atoms with Crippen molar-refractivity contribution in [1.29, 1.82) is 0 Å². The number of rotatable bonds is 4. The molecular formula is C18H20FIN8O. The maximum absolute atomic E-state index is 13.3. The third-order valence-corrected chi connectivity index (χ3v) is 4.37.